The molecule has 0 aromatic carbocycles. The largest absolute Gasteiger partial charge is 0.444 e. The normalized spacial score (nSPS) is 21.8. The van der Waals surface area contributed by atoms with Gasteiger partial charge in [-0.2, -0.15) is 5.26 Å². The third kappa shape index (κ3) is 3.94. The summed E-state index contributed by atoms with van der Waals surface area (Å²) in [5.41, 5.74) is 0.996. The van der Waals surface area contributed by atoms with Gasteiger partial charge in [0.2, 0.25) is 0 Å². The molecule has 0 spiro atoms. The molecule has 0 bridgehead atoms. The first-order chi connectivity index (χ1) is 14.3. The fourth-order valence-electron chi connectivity index (χ4n) is 4.14. The second-order valence-electron chi connectivity index (χ2n) is 9.21. The van der Waals surface area contributed by atoms with Gasteiger partial charge < -0.3 is 24.4 Å². The first-order valence-corrected chi connectivity index (χ1v) is 10.6. The number of nitriles is 1. The second-order valence-corrected chi connectivity index (χ2v) is 9.21. The van der Waals surface area contributed by atoms with Crippen molar-refractivity contribution in [2.24, 2.45) is 0 Å². The van der Waals surface area contributed by atoms with E-state index in [4.69, 9.17) is 9.72 Å². The third-order valence-electron chi connectivity index (χ3n) is 5.94. The van der Waals surface area contributed by atoms with Crippen LogP contribution in [0.3, 0.4) is 0 Å². The predicted molar refractivity (Wildman–Crippen MR) is 116 cm³/mol. The maximum Gasteiger partial charge on any atom is 0.410 e. The third-order valence-corrected chi connectivity index (χ3v) is 5.94. The zero-order valence-electron chi connectivity index (χ0n) is 18.2. The monoisotopic (exact) mass is 410 g/mol. The van der Waals surface area contributed by atoms with Crippen LogP contribution in [0.4, 0.5) is 10.6 Å². The molecule has 1 aliphatic heterocycles. The molecule has 3 heterocycles. The van der Waals surface area contributed by atoms with Crippen LogP contribution in [0, 0.1) is 11.3 Å². The standard InChI is InChI=1S/C22H30N6O2/c1-22(2,3)30-21(29)26(4)16-11-17(12-16)28-14-15(13-23)18-5-6-19(25-20(18)28)27-9-7-24-8-10-27/h5-6,14,16-17,24H,7-12H2,1-4H3. The molecule has 8 heteroatoms. The molecule has 2 aromatic heterocycles. The van der Waals surface area contributed by atoms with Gasteiger partial charge in [0, 0.05) is 56.9 Å². The molecule has 0 atom stereocenters. The molecule has 1 N–H and O–H groups in total. The average molecular weight is 411 g/mol. The van der Waals surface area contributed by atoms with Crippen LogP contribution in [0.2, 0.25) is 0 Å². The molecule has 0 radical (unpaired) electrons. The summed E-state index contributed by atoms with van der Waals surface area (Å²) in [5.74, 6) is 0.953. The van der Waals surface area contributed by atoms with E-state index in [-0.39, 0.29) is 18.2 Å². The Balaban J connectivity index is 1.53. The highest BCUT2D eigenvalue weighted by molar-refractivity contribution is 5.85. The minimum atomic E-state index is -0.503. The summed E-state index contributed by atoms with van der Waals surface area (Å²) in [5, 5.41) is 13.8. The van der Waals surface area contributed by atoms with Crippen LogP contribution < -0.4 is 10.2 Å². The number of aromatic nitrogens is 2. The van der Waals surface area contributed by atoms with Crippen molar-refractivity contribution in [3.63, 3.8) is 0 Å². The zero-order valence-corrected chi connectivity index (χ0v) is 18.2. The molecule has 8 nitrogen and oxygen atoms in total. The van der Waals surface area contributed by atoms with Crippen molar-refractivity contribution in [1.29, 1.82) is 5.26 Å². The Morgan fingerprint density at radius 1 is 1.30 bits per heavy atom. The first kappa shape index (κ1) is 20.5. The Morgan fingerprint density at radius 2 is 2.00 bits per heavy atom. The maximum atomic E-state index is 12.3. The van der Waals surface area contributed by atoms with E-state index in [2.05, 4.69) is 20.9 Å². The van der Waals surface area contributed by atoms with Gasteiger partial charge in [0.25, 0.3) is 0 Å². The Labute approximate surface area is 177 Å². The van der Waals surface area contributed by atoms with Crippen molar-refractivity contribution in [1.82, 2.24) is 19.8 Å². The number of piperazine rings is 1. The Hall–Kier alpha value is -2.79. The van der Waals surface area contributed by atoms with E-state index in [1.165, 1.54) is 0 Å². The Kier molecular flexibility index (Phi) is 5.33. The summed E-state index contributed by atoms with van der Waals surface area (Å²) >= 11 is 0. The summed E-state index contributed by atoms with van der Waals surface area (Å²) in [4.78, 5) is 21.2. The lowest BCUT2D eigenvalue weighted by molar-refractivity contribution is 0.00809. The zero-order chi connectivity index (χ0) is 21.5. The van der Waals surface area contributed by atoms with Gasteiger partial charge in [0.15, 0.2) is 0 Å². The number of hydrogen-bond acceptors (Lipinski definition) is 6. The van der Waals surface area contributed by atoms with Crippen molar-refractivity contribution >= 4 is 22.9 Å². The van der Waals surface area contributed by atoms with E-state index >= 15 is 0 Å². The lowest BCUT2D eigenvalue weighted by Gasteiger charge is -2.42. The topological polar surface area (TPSA) is 86.4 Å². The smallest absolute Gasteiger partial charge is 0.410 e. The number of carbonyl (C=O) groups excluding carboxylic acids is 1. The van der Waals surface area contributed by atoms with E-state index in [1.54, 1.807) is 11.9 Å². The quantitative estimate of drug-likeness (QED) is 0.837. The summed E-state index contributed by atoms with van der Waals surface area (Å²) in [6.45, 7) is 9.38. The van der Waals surface area contributed by atoms with Crippen molar-refractivity contribution in [2.75, 3.05) is 38.1 Å². The van der Waals surface area contributed by atoms with Gasteiger partial charge in [0.05, 0.1) is 5.56 Å². The van der Waals surface area contributed by atoms with Crippen LogP contribution in [0.15, 0.2) is 18.3 Å². The lowest BCUT2D eigenvalue weighted by atomic mass is 9.85. The molecule has 1 amide bonds. The van der Waals surface area contributed by atoms with Gasteiger partial charge in [-0.05, 0) is 45.7 Å². The van der Waals surface area contributed by atoms with Crippen molar-refractivity contribution < 1.29 is 9.53 Å². The van der Waals surface area contributed by atoms with Crippen LogP contribution in [0.5, 0.6) is 0 Å². The Bertz CT molecular complexity index is 974. The average Bonchev–Trinajstić information content (AvgIpc) is 3.04. The van der Waals surface area contributed by atoms with Crippen LogP contribution in [-0.2, 0) is 4.74 Å². The summed E-state index contributed by atoms with van der Waals surface area (Å²) in [6, 6.07) is 6.67. The summed E-state index contributed by atoms with van der Waals surface area (Å²) in [7, 11) is 1.80. The van der Waals surface area contributed by atoms with Gasteiger partial charge in [0.1, 0.15) is 23.1 Å². The van der Waals surface area contributed by atoms with Crippen LogP contribution >= 0.6 is 0 Å². The van der Waals surface area contributed by atoms with Crippen LogP contribution in [0.1, 0.15) is 45.2 Å². The SMILES string of the molecule is CN(C(=O)OC(C)(C)C)C1CC(n2cc(C#N)c3ccc(N4CCNCC4)nc32)C1. The van der Waals surface area contributed by atoms with Gasteiger partial charge in [-0.25, -0.2) is 9.78 Å². The number of anilines is 1. The van der Waals surface area contributed by atoms with Crippen LogP contribution in [0.25, 0.3) is 11.0 Å². The van der Waals surface area contributed by atoms with E-state index < -0.39 is 5.60 Å². The van der Waals surface area contributed by atoms with E-state index in [0.717, 1.165) is 55.9 Å². The van der Waals surface area contributed by atoms with Gasteiger partial charge in [-0.1, -0.05) is 0 Å². The molecule has 30 heavy (non-hydrogen) atoms. The summed E-state index contributed by atoms with van der Waals surface area (Å²) in [6.07, 6.45) is 3.27. The van der Waals surface area contributed by atoms with Crippen molar-refractivity contribution in [3.8, 4) is 6.07 Å². The van der Waals surface area contributed by atoms with E-state index in [1.807, 2.05) is 39.1 Å². The molecule has 160 valence electrons. The van der Waals surface area contributed by atoms with Crippen molar-refractivity contribution in [3.05, 3.63) is 23.9 Å². The minimum absolute atomic E-state index is 0.129. The highest BCUT2D eigenvalue weighted by atomic mass is 16.6. The highest BCUT2D eigenvalue weighted by Gasteiger charge is 2.37. The first-order valence-electron chi connectivity index (χ1n) is 10.6. The van der Waals surface area contributed by atoms with Gasteiger partial charge >= 0.3 is 6.09 Å². The second kappa shape index (κ2) is 7.80. The molecule has 2 aromatic rings. The number of pyridine rings is 1. The molecular weight excluding hydrogens is 380 g/mol. The van der Waals surface area contributed by atoms with Crippen LogP contribution in [-0.4, -0.2) is 65.4 Å². The molecular formula is C22H30N6O2. The molecule has 4 rings (SSSR count). The van der Waals surface area contributed by atoms with Crippen molar-refractivity contribution in [2.45, 2.75) is 51.3 Å². The fraction of sp³-hybridized carbons (Fsp3) is 0.591. The number of carbonyl (C=O) groups is 1. The maximum absolute atomic E-state index is 12.3. The number of fused-ring (bicyclic) bond motifs is 1. The number of rotatable bonds is 3. The summed E-state index contributed by atoms with van der Waals surface area (Å²) < 4.78 is 7.61. The number of ether oxygens (including phenoxy) is 1. The number of nitrogens with zero attached hydrogens (tertiary/aromatic N) is 5. The van der Waals surface area contributed by atoms with Gasteiger partial charge in [-0.15, -0.1) is 0 Å². The molecule has 1 aliphatic carbocycles. The molecule has 0 unspecified atom stereocenters. The molecule has 1 saturated heterocycles. The molecule has 2 aliphatic rings. The number of amides is 1. The fourth-order valence-corrected chi connectivity index (χ4v) is 4.14. The minimum Gasteiger partial charge on any atom is -0.444 e. The van der Waals surface area contributed by atoms with E-state index in [9.17, 15) is 10.1 Å². The van der Waals surface area contributed by atoms with Gasteiger partial charge in [-0.3, -0.25) is 0 Å². The number of nitrogens with one attached hydrogen (secondary N) is 1. The molecule has 2 fully saturated rings. The Morgan fingerprint density at radius 3 is 2.63 bits per heavy atom. The van der Waals surface area contributed by atoms with E-state index in [0.29, 0.717) is 5.56 Å². The predicted octanol–water partition coefficient (Wildman–Crippen LogP) is 2.89. The molecule has 1 saturated carbocycles. The highest BCUT2D eigenvalue weighted by Crippen LogP contribution is 2.39. The number of hydrogen-bond donors (Lipinski definition) is 1. The lowest BCUT2D eigenvalue weighted by Crippen LogP contribution is -2.47.